The van der Waals surface area contributed by atoms with Crippen LogP contribution >= 0.6 is 23.5 Å². The van der Waals surface area contributed by atoms with E-state index in [2.05, 4.69) is 5.32 Å². The maximum absolute atomic E-state index is 12.9. The number of aliphatic carboxylic acids is 2. The van der Waals surface area contributed by atoms with Gasteiger partial charge in [-0.15, -0.1) is 0 Å². The fourth-order valence-corrected chi connectivity index (χ4v) is 14.8. The predicted molar refractivity (Wildman–Crippen MR) is 321 cm³/mol. The average molecular weight is 1500 g/mol. The van der Waals surface area contributed by atoms with Gasteiger partial charge in [0.1, 0.15) is 176 Å². The molecule has 21 aliphatic rings. The Morgan fingerprint density at radius 3 is 0.850 bits per heavy atom. The lowest BCUT2D eigenvalue weighted by molar-refractivity contribution is -0.395. The molecule has 21 rings (SSSR count). The monoisotopic (exact) mass is 1500 g/mol. The molecule has 21 heterocycles. The number of thioether (sulfide) groups is 2. The Bertz CT molecular complexity index is 2560. The molecule has 14 bridgehead atoms. The van der Waals surface area contributed by atoms with E-state index >= 15 is 0 Å². The van der Waals surface area contributed by atoms with Crippen molar-refractivity contribution in [2.24, 2.45) is 5.92 Å². The first kappa shape index (κ1) is 83.2. The Balaban J connectivity index is 1.10. The second-order valence-electron chi connectivity index (χ2n) is 25.1. The zero-order valence-electron chi connectivity index (χ0n) is 53.7. The van der Waals surface area contributed by atoms with Gasteiger partial charge < -0.3 is 184 Å². The van der Waals surface area contributed by atoms with Crippen molar-refractivity contribution >= 4 is 47.0 Å². The predicted octanol–water partition coefficient (Wildman–Crippen LogP) is -13.0. The second kappa shape index (κ2) is 37.9. The maximum Gasteiger partial charge on any atom is 0.321 e. The van der Waals surface area contributed by atoms with Crippen LogP contribution in [0.1, 0.15) is 26.2 Å². The SMILES string of the molecule is CN[C@H](CSCC1O[C@H]2O[C@@H]3C(CO)O[C@H](O[C@@H]4C(CO)O[C@H](O[C@@H]5C(CO)O[C@H](O[C@@H]6C(CSC[C@@H](CC(=O)CCOCCC(C)=O)C(=O)O)O[C@H](O[C@@H]7C(CO)O[C@@H](O[C@@H]8C(CO)O[C@@H](O[C@H]1[C@@H](O)C2O)C(O)[C@H]8O)C(O)[C@H]7O)C(O)[C@H]6O)C(O)[C@H]5O)C(O)[C@H]4O)C(O)[C@H]3O)C(=O)O. The minimum atomic E-state index is -2.31. The van der Waals surface area contributed by atoms with E-state index in [0.717, 1.165) is 23.5 Å². The fourth-order valence-electron chi connectivity index (χ4n) is 12.4. The molecular weight excluding hydrogens is 1400 g/mol. The molecule has 14 unspecified atom stereocenters. The number of carboxylic acids is 2. The molecule has 100 heavy (non-hydrogen) atoms. The highest BCUT2D eigenvalue weighted by Crippen LogP contribution is 2.40. The van der Waals surface area contributed by atoms with E-state index in [1.807, 2.05) is 0 Å². The Morgan fingerprint density at radius 2 is 0.610 bits per heavy atom. The van der Waals surface area contributed by atoms with E-state index < -0.39 is 290 Å². The molecule has 0 radical (unpaired) electrons. The number of hydrogen-bond donors (Lipinski definition) is 22. The summed E-state index contributed by atoms with van der Waals surface area (Å²) in [5, 5.41) is 239. The summed E-state index contributed by atoms with van der Waals surface area (Å²) in [7, 11) is 1.35. The molecule has 21 saturated heterocycles. The average Bonchev–Trinajstić information content (AvgIpc) is 0.798. The number of carbonyl (C=O) groups is 4. The number of likely N-dealkylation sites (N-methyl/N-ethyl adjacent to an activating group) is 1. The number of ether oxygens (including phenoxy) is 15. The Kier molecular flexibility index (Phi) is 31.5. The quantitative estimate of drug-likeness (QED) is 0.0399. The molecule has 21 aliphatic heterocycles. The molecule has 0 aromatic heterocycles. The van der Waals surface area contributed by atoms with Crippen LogP contribution in [0.3, 0.4) is 0 Å². The van der Waals surface area contributed by atoms with E-state index in [9.17, 15) is 126 Å². The number of aliphatic hydroxyl groups excluding tert-OH is 19. The minimum absolute atomic E-state index is 0.0203. The van der Waals surface area contributed by atoms with Crippen molar-refractivity contribution < 1.29 is 197 Å². The molecule has 43 heteroatoms. The van der Waals surface area contributed by atoms with Crippen molar-refractivity contribution in [2.75, 3.05) is 76.3 Å². The summed E-state index contributed by atoms with van der Waals surface area (Å²) in [5.74, 6) is -6.17. The number of nitrogens with one attached hydrogen (secondary N) is 1. The van der Waals surface area contributed by atoms with Gasteiger partial charge in [0.25, 0.3) is 0 Å². The van der Waals surface area contributed by atoms with Crippen LogP contribution in [0.25, 0.3) is 0 Å². The Hall–Kier alpha value is -2.42. The molecular formula is C57H93NO40S2. The van der Waals surface area contributed by atoms with Crippen LogP contribution in [0.4, 0.5) is 0 Å². The lowest BCUT2D eigenvalue weighted by atomic mass is 9.95. The Morgan fingerprint density at radius 1 is 0.360 bits per heavy atom. The number of carboxylic acid groups (broad SMARTS) is 2. The Labute approximate surface area is 577 Å². The molecule has 0 spiro atoms. The topological polar surface area (TPSA) is 644 Å². The number of carbonyl (C=O) groups excluding carboxylic acids is 2. The van der Waals surface area contributed by atoms with Gasteiger partial charge in [-0.1, -0.05) is 0 Å². The largest absolute Gasteiger partial charge is 0.481 e. The van der Waals surface area contributed by atoms with Gasteiger partial charge in [-0.25, -0.2) is 0 Å². The third-order valence-electron chi connectivity index (χ3n) is 18.2. The highest BCUT2D eigenvalue weighted by molar-refractivity contribution is 7.99. The molecule has 0 aliphatic carbocycles. The standard InChI is InChI=1S/C57H93NO40S2/c1-17(64)3-5-84-6-4-19(65)7-18(49(80)81)13-99-15-26-47-33(71)40(78)56(90-26)95-45-24(11-62)86-53(36(74)29(45)67)94-44-23(10-61)89-55(39(77)32(44)70)98-48-27(16-100-14-20(58-2)50(82)83)91-57(41(79)34(48)72)96-46-25(12-63)87-52(37(75)30(46)68)92-42-21(8-59)85-51(35(73)28(42)66)93-43-22(9-60)88-54(97-47)38(76)31(43)69/h18,20-48,51-63,66-79H,3-16H2,1-2H3,(H,80,81)(H,82,83)/t18-,20-,21?,22?,23?,24?,25?,26?,27?,28-,29-,30-,31-,32-,33-,34+,35?,36?,37?,38?,39?,40?,41?,42-,43-,44-,45-,46-,47-,48-,51-,52-,53+,54-,55+,56-,57+/m1/s1. The van der Waals surface area contributed by atoms with E-state index in [1.165, 1.54) is 14.0 Å². The number of ketones is 2. The highest BCUT2D eigenvalue weighted by atomic mass is 32.2. The summed E-state index contributed by atoms with van der Waals surface area (Å²) in [6, 6.07) is -1.18. The van der Waals surface area contributed by atoms with Crippen molar-refractivity contribution in [3.05, 3.63) is 0 Å². The normalized spacial score (nSPS) is 45.9. The van der Waals surface area contributed by atoms with Crippen LogP contribution in [0.5, 0.6) is 0 Å². The van der Waals surface area contributed by atoms with E-state index in [4.69, 9.17) is 71.1 Å². The van der Waals surface area contributed by atoms with Gasteiger partial charge in [-0.3, -0.25) is 19.2 Å². The van der Waals surface area contributed by atoms with Crippen LogP contribution in [0, 0.1) is 5.92 Å². The summed E-state index contributed by atoms with van der Waals surface area (Å²) >= 11 is 1.66. The smallest absolute Gasteiger partial charge is 0.321 e. The third-order valence-corrected chi connectivity index (χ3v) is 20.5. The van der Waals surface area contributed by atoms with Gasteiger partial charge in [0.15, 0.2) is 44.0 Å². The minimum Gasteiger partial charge on any atom is -0.481 e. The summed E-state index contributed by atoms with van der Waals surface area (Å²) in [6.07, 6.45) is -73.1. The van der Waals surface area contributed by atoms with Crippen molar-refractivity contribution in [1.82, 2.24) is 5.32 Å². The third kappa shape index (κ3) is 19.5. The van der Waals surface area contributed by atoms with Crippen molar-refractivity contribution in [3.63, 3.8) is 0 Å². The van der Waals surface area contributed by atoms with Gasteiger partial charge in [0.05, 0.1) is 64.4 Å². The molecule has 0 amide bonds. The summed E-state index contributed by atoms with van der Waals surface area (Å²) in [6.45, 7) is -4.29. The molecule has 41 nitrogen and oxygen atoms in total. The zero-order valence-corrected chi connectivity index (χ0v) is 55.4. The maximum atomic E-state index is 12.9. The summed E-state index contributed by atoms with van der Waals surface area (Å²) in [5.41, 5.74) is 0. The van der Waals surface area contributed by atoms with E-state index in [-0.39, 0.29) is 49.1 Å². The fraction of sp³-hybridized carbons (Fsp3) is 0.930. The number of Topliss-reactive ketones (excluding diaryl/α,β-unsaturated/α-hetero) is 2. The molecule has 37 atom stereocenters. The zero-order chi connectivity index (χ0) is 73.3. The highest BCUT2D eigenvalue weighted by Gasteiger charge is 2.60. The lowest BCUT2D eigenvalue weighted by Gasteiger charge is -2.50. The first-order valence-corrected chi connectivity index (χ1v) is 34.4. The van der Waals surface area contributed by atoms with Crippen LogP contribution in [0.15, 0.2) is 0 Å². The second-order valence-corrected chi connectivity index (χ2v) is 27.3. The van der Waals surface area contributed by atoms with Gasteiger partial charge in [-0.2, -0.15) is 23.5 Å². The van der Waals surface area contributed by atoms with E-state index in [1.54, 1.807) is 0 Å². The van der Waals surface area contributed by atoms with Crippen molar-refractivity contribution in [3.8, 4) is 0 Å². The van der Waals surface area contributed by atoms with Gasteiger partial charge >= 0.3 is 11.9 Å². The molecule has 0 aromatic carbocycles. The number of rotatable bonds is 24. The van der Waals surface area contributed by atoms with Crippen LogP contribution in [-0.4, -0.2) is 428 Å². The van der Waals surface area contributed by atoms with Gasteiger partial charge in [0, 0.05) is 42.3 Å². The van der Waals surface area contributed by atoms with E-state index in [0.29, 0.717) is 0 Å². The molecule has 21 fully saturated rings. The van der Waals surface area contributed by atoms with Crippen LogP contribution < -0.4 is 5.32 Å². The van der Waals surface area contributed by atoms with Crippen LogP contribution in [-0.2, 0) is 90.2 Å². The lowest BCUT2D eigenvalue weighted by Crippen LogP contribution is -2.68. The van der Waals surface area contributed by atoms with Gasteiger partial charge in [0.2, 0.25) is 0 Å². The molecule has 22 N–H and O–H groups in total. The van der Waals surface area contributed by atoms with Crippen molar-refractivity contribution in [1.29, 1.82) is 0 Å². The summed E-state index contributed by atoms with van der Waals surface area (Å²) in [4.78, 5) is 48.7. The molecule has 578 valence electrons. The number of hydrogen-bond acceptors (Lipinski definition) is 41. The first-order valence-electron chi connectivity index (χ1n) is 32.1. The molecule has 0 aromatic rings. The summed E-state index contributed by atoms with van der Waals surface area (Å²) < 4.78 is 87.8. The van der Waals surface area contributed by atoms with Crippen LogP contribution in [0.2, 0.25) is 0 Å². The first-order chi connectivity index (χ1) is 47.5. The van der Waals surface area contributed by atoms with Crippen molar-refractivity contribution in [2.45, 2.75) is 247 Å². The van der Waals surface area contributed by atoms with Gasteiger partial charge in [-0.05, 0) is 14.0 Å². The molecule has 0 saturated carbocycles. The number of aliphatic hydroxyl groups is 19.